The molecule has 0 bridgehead atoms. The summed E-state index contributed by atoms with van der Waals surface area (Å²) in [5.41, 5.74) is 7.30. The SMILES string of the molecule is CC(C)c1cc(C(=O)NC2CCCCC2C)cc(N)n1. The fourth-order valence-electron chi connectivity index (χ4n) is 2.78. The van der Waals surface area contributed by atoms with Crippen LogP contribution in [0.5, 0.6) is 0 Å². The van der Waals surface area contributed by atoms with Crippen molar-refractivity contribution in [3.63, 3.8) is 0 Å². The first-order valence-corrected chi connectivity index (χ1v) is 7.55. The van der Waals surface area contributed by atoms with E-state index < -0.39 is 0 Å². The van der Waals surface area contributed by atoms with Crippen LogP contribution < -0.4 is 11.1 Å². The predicted octanol–water partition coefficient (Wildman–Crippen LogP) is 3.10. The number of rotatable bonds is 3. The van der Waals surface area contributed by atoms with Crippen molar-refractivity contribution in [2.24, 2.45) is 5.92 Å². The molecule has 0 aliphatic heterocycles. The van der Waals surface area contributed by atoms with Crippen LogP contribution in [0.3, 0.4) is 0 Å². The van der Waals surface area contributed by atoms with Gasteiger partial charge in [0.2, 0.25) is 0 Å². The normalized spacial score (nSPS) is 22.8. The lowest BCUT2D eigenvalue weighted by atomic mass is 9.86. The molecule has 1 amide bonds. The van der Waals surface area contributed by atoms with Crippen molar-refractivity contribution in [2.45, 2.75) is 58.4 Å². The summed E-state index contributed by atoms with van der Waals surface area (Å²) in [5, 5.41) is 3.16. The predicted molar refractivity (Wildman–Crippen MR) is 81.6 cm³/mol. The van der Waals surface area contributed by atoms with Crippen LogP contribution in [0.2, 0.25) is 0 Å². The van der Waals surface area contributed by atoms with Gasteiger partial charge in [-0.2, -0.15) is 0 Å². The smallest absolute Gasteiger partial charge is 0.251 e. The number of nitrogen functional groups attached to an aromatic ring is 1. The average molecular weight is 275 g/mol. The molecule has 1 aliphatic rings. The quantitative estimate of drug-likeness (QED) is 0.890. The molecule has 0 saturated heterocycles. The van der Waals surface area contributed by atoms with Crippen LogP contribution in [-0.4, -0.2) is 16.9 Å². The second kappa shape index (κ2) is 6.25. The monoisotopic (exact) mass is 275 g/mol. The van der Waals surface area contributed by atoms with E-state index in [1.807, 2.05) is 19.9 Å². The molecule has 0 radical (unpaired) electrons. The van der Waals surface area contributed by atoms with E-state index in [-0.39, 0.29) is 17.9 Å². The van der Waals surface area contributed by atoms with Crippen molar-refractivity contribution < 1.29 is 4.79 Å². The second-order valence-corrected chi connectivity index (χ2v) is 6.20. The Balaban J connectivity index is 2.12. The van der Waals surface area contributed by atoms with E-state index >= 15 is 0 Å². The van der Waals surface area contributed by atoms with Crippen molar-refractivity contribution in [2.75, 3.05) is 5.73 Å². The van der Waals surface area contributed by atoms with Gasteiger partial charge in [-0.25, -0.2) is 4.98 Å². The van der Waals surface area contributed by atoms with E-state index in [0.717, 1.165) is 12.1 Å². The van der Waals surface area contributed by atoms with Gasteiger partial charge in [0.25, 0.3) is 5.91 Å². The molecule has 3 N–H and O–H groups in total. The summed E-state index contributed by atoms with van der Waals surface area (Å²) in [6.45, 7) is 6.31. The number of hydrogen-bond donors (Lipinski definition) is 2. The standard InChI is InChI=1S/C16H25N3O/c1-10(2)14-8-12(9-15(17)18-14)16(20)19-13-7-5-4-6-11(13)3/h8-11,13H,4-7H2,1-3H3,(H2,17,18)(H,19,20). The third-order valence-corrected chi connectivity index (χ3v) is 4.15. The van der Waals surface area contributed by atoms with Gasteiger partial charge in [0, 0.05) is 17.3 Å². The minimum atomic E-state index is -0.0280. The molecule has 0 aromatic carbocycles. The first-order chi connectivity index (χ1) is 9.47. The molecular formula is C16H25N3O. The number of carbonyl (C=O) groups is 1. The van der Waals surface area contributed by atoms with Crippen molar-refractivity contribution in [3.05, 3.63) is 23.4 Å². The van der Waals surface area contributed by atoms with Crippen LogP contribution in [0.15, 0.2) is 12.1 Å². The molecule has 1 aliphatic carbocycles. The van der Waals surface area contributed by atoms with Crippen LogP contribution >= 0.6 is 0 Å². The van der Waals surface area contributed by atoms with Crippen LogP contribution in [-0.2, 0) is 0 Å². The molecule has 2 rings (SSSR count). The van der Waals surface area contributed by atoms with Crippen LogP contribution in [0, 0.1) is 5.92 Å². The summed E-state index contributed by atoms with van der Waals surface area (Å²) in [6, 6.07) is 3.80. The Morgan fingerprint density at radius 1 is 1.35 bits per heavy atom. The number of aromatic nitrogens is 1. The van der Waals surface area contributed by atoms with Gasteiger partial charge in [-0.1, -0.05) is 33.6 Å². The zero-order valence-electron chi connectivity index (χ0n) is 12.6. The highest BCUT2D eigenvalue weighted by atomic mass is 16.1. The molecular weight excluding hydrogens is 250 g/mol. The fourth-order valence-corrected chi connectivity index (χ4v) is 2.78. The Labute approximate surface area is 121 Å². The molecule has 110 valence electrons. The highest BCUT2D eigenvalue weighted by molar-refractivity contribution is 5.95. The highest BCUT2D eigenvalue weighted by Crippen LogP contribution is 2.24. The molecule has 2 unspecified atom stereocenters. The van der Waals surface area contributed by atoms with Crippen molar-refractivity contribution in [1.82, 2.24) is 10.3 Å². The third kappa shape index (κ3) is 3.50. The van der Waals surface area contributed by atoms with E-state index in [9.17, 15) is 4.79 Å². The molecule has 0 spiro atoms. The zero-order valence-corrected chi connectivity index (χ0v) is 12.6. The Morgan fingerprint density at radius 2 is 2.05 bits per heavy atom. The molecule has 20 heavy (non-hydrogen) atoms. The average Bonchev–Trinajstić information content (AvgIpc) is 2.40. The Kier molecular flexibility index (Phi) is 4.63. The maximum absolute atomic E-state index is 12.4. The van der Waals surface area contributed by atoms with Crippen LogP contribution in [0.25, 0.3) is 0 Å². The van der Waals surface area contributed by atoms with Gasteiger partial charge in [0.1, 0.15) is 5.82 Å². The summed E-state index contributed by atoms with van der Waals surface area (Å²) in [5.74, 6) is 1.20. The molecule has 1 aromatic rings. The number of pyridine rings is 1. The van der Waals surface area contributed by atoms with Crippen LogP contribution in [0.4, 0.5) is 5.82 Å². The number of amides is 1. The molecule has 1 fully saturated rings. The summed E-state index contributed by atoms with van der Waals surface area (Å²) >= 11 is 0. The lowest BCUT2D eigenvalue weighted by molar-refractivity contribution is 0.0910. The number of anilines is 1. The molecule has 1 heterocycles. The Morgan fingerprint density at radius 3 is 2.70 bits per heavy atom. The van der Waals surface area contributed by atoms with Gasteiger partial charge in [0.15, 0.2) is 0 Å². The first kappa shape index (κ1) is 14.8. The van der Waals surface area contributed by atoms with Crippen molar-refractivity contribution >= 4 is 11.7 Å². The Hall–Kier alpha value is -1.58. The maximum atomic E-state index is 12.4. The number of nitrogens with zero attached hydrogens (tertiary/aromatic N) is 1. The number of hydrogen-bond acceptors (Lipinski definition) is 3. The highest BCUT2D eigenvalue weighted by Gasteiger charge is 2.23. The third-order valence-electron chi connectivity index (χ3n) is 4.15. The molecule has 2 atom stereocenters. The molecule has 1 aromatic heterocycles. The van der Waals surface area contributed by atoms with E-state index in [2.05, 4.69) is 17.2 Å². The van der Waals surface area contributed by atoms with Gasteiger partial charge in [-0.3, -0.25) is 4.79 Å². The molecule has 4 nitrogen and oxygen atoms in total. The first-order valence-electron chi connectivity index (χ1n) is 7.55. The lowest BCUT2D eigenvalue weighted by Gasteiger charge is -2.29. The van der Waals surface area contributed by atoms with Gasteiger partial charge in [-0.05, 0) is 36.8 Å². The number of nitrogens with one attached hydrogen (secondary N) is 1. The minimum absolute atomic E-state index is 0.0280. The van der Waals surface area contributed by atoms with Gasteiger partial charge < -0.3 is 11.1 Å². The molecule has 4 heteroatoms. The van der Waals surface area contributed by atoms with E-state index in [0.29, 0.717) is 17.3 Å². The van der Waals surface area contributed by atoms with Crippen LogP contribution in [0.1, 0.15) is 68.4 Å². The van der Waals surface area contributed by atoms with Gasteiger partial charge in [-0.15, -0.1) is 0 Å². The van der Waals surface area contributed by atoms with Crippen molar-refractivity contribution in [3.8, 4) is 0 Å². The topological polar surface area (TPSA) is 68.0 Å². The van der Waals surface area contributed by atoms with E-state index in [1.165, 1.54) is 19.3 Å². The minimum Gasteiger partial charge on any atom is -0.384 e. The number of carbonyl (C=O) groups excluding carboxylic acids is 1. The summed E-state index contributed by atoms with van der Waals surface area (Å²) in [7, 11) is 0. The van der Waals surface area contributed by atoms with Gasteiger partial charge >= 0.3 is 0 Å². The lowest BCUT2D eigenvalue weighted by Crippen LogP contribution is -2.41. The summed E-state index contributed by atoms with van der Waals surface area (Å²) < 4.78 is 0. The Bertz CT molecular complexity index is 485. The van der Waals surface area contributed by atoms with Gasteiger partial charge in [0.05, 0.1) is 0 Å². The van der Waals surface area contributed by atoms with E-state index in [1.54, 1.807) is 6.07 Å². The summed E-state index contributed by atoms with van der Waals surface area (Å²) in [4.78, 5) is 16.7. The summed E-state index contributed by atoms with van der Waals surface area (Å²) in [6.07, 6.45) is 4.74. The second-order valence-electron chi connectivity index (χ2n) is 6.20. The number of nitrogens with two attached hydrogens (primary N) is 1. The molecule has 1 saturated carbocycles. The maximum Gasteiger partial charge on any atom is 0.251 e. The van der Waals surface area contributed by atoms with E-state index in [4.69, 9.17) is 5.73 Å². The largest absolute Gasteiger partial charge is 0.384 e. The van der Waals surface area contributed by atoms with Crippen molar-refractivity contribution in [1.29, 1.82) is 0 Å². The fraction of sp³-hybridized carbons (Fsp3) is 0.625. The zero-order chi connectivity index (χ0) is 14.7.